The Labute approximate surface area is 194 Å². The van der Waals surface area contributed by atoms with Crippen molar-refractivity contribution in [2.75, 3.05) is 16.2 Å². The Hall–Kier alpha value is -1.96. The Balaban J connectivity index is 2.01. The SMILES string of the molecule is O=C(CN(c1cccc(Cl)c1Cl)S(=O)(=O)c1ccccc1)Nc1cc(Cl)ccc1Cl. The first kappa shape index (κ1) is 22.7. The second-order valence-corrected chi connectivity index (χ2v) is 9.56. The third-order valence-electron chi connectivity index (χ3n) is 4.02. The first-order chi connectivity index (χ1) is 14.2. The molecule has 0 aliphatic carbocycles. The van der Waals surface area contributed by atoms with Gasteiger partial charge in [-0.15, -0.1) is 0 Å². The standard InChI is InChI=1S/C20H14Cl4N2O3S/c21-13-9-10-15(22)17(11-13)25-19(27)12-26(18-8-4-7-16(23)20(18)24)30(28,29)14-5-2-1-3-6-14/h1-11H,12H2,(H,25,27). The first-order valence-corrected chi connectivity index (χ1v) is 11.4. The van der Waals surface area contributed by atoms with Crippen LogP contribution in [0, 0.1) is 0 Å². The number of anilines is 2. The van der Waals surface area contributed by atoms with E-state index in [0.717, 1.165) is 4.31 Å². The smallest absolute Gasteiger partial charge is 0.264 e. The van der Waals surface area contributed by atoms with Gasteiger partial charge < -0.3 is 5.32 Å². The summed E-state index contributed by atoms with van der Waals surface area (Å²) in [4.78, 5) is 12.7. The lowest BCUT2D eigenvalue weighted by atomic mass is 10.3. The zero-order valence-electron chi connectivity index (χ0n) is 15.2. The fraction of sp³-hybridized carbons (Fsp3) is 0.0500. The minimum absolute atomic E-state index is 0.00497. The quantitative estimate of drug-likeness (QED) is 0.439. The number of rotatable bonds is 6. The lowest BCUT2D eigenvalue weighted by Crippen LogP contribution is -2.38. The monoisotopic (exact) mass is 502 g/mol. The molecule has 0 saturated heterocycles. The molecule has 0 bridgehead atoms. The second kappa shape index (κ2) is 9.45. The fourth-order valence-corrected chi connectivity index (χ4v) is 4.86. The Morgan fingerprint density at radius 1 is 0.867 bits per heavy atom. The molecule has 0 heterocycles. The van der Waals surface area contributed by atoms with Gasteiger partial charge in [0.25, 0.3) is 10.0 Å². The van der Waals surface area contributed by atoms with Crippen LogP contribution in [0.3, 0.4) is 0 Å². The Bertz CT molecular complexity index is 1190. The normalized spacial score (nSPS) is 11.2. The number of nitrogens with zero attached hydrogens (tertiary/aromatic N) is 1. The molecule has 1 amide bonds. The summed E-state index contributed by atoms with van der Waals surface area (Å²) in [5.74, 6) is -0.644. The number of carbonyl (C=O) groups is 1. The summed E-state index contributed by atoms with van der Waals surface area (Å²) in [6, 6.07) is 16.8. The Kier molecular flexibility index (Phi) is 7.16. The molecule has 3 aromatic carbocycles. The number of hydrogen-bond donors (Lipinski definition) is 1. The molecule has 5 nitrogen and oxygen atoms in total. The Morgan fingerprint density at radius 2 is 1.57 bits per heavy atom. The van der Waals surface area contributed by atoms with Crippen molar-refractivity contribution >= 4 is 73.7 Å². The van der Waals surface area contributed by atoms with Crippen molar-refractivity contribution in [3.05, 3.63) is 86.8 Å². The Morgan fingerprint density at radius 3 is 2.27 bits per heavy atom. The molecule has 30 heavy (non-hydrogen) atoms. The van der Waals surface area contributed by atoms with Crippen LogP contribution in [-0.2, 0) is 14.8 Å². The van der Waals surface area contributed by atoms with E-state index in [-0.39, 0.29) is 31.3 Å². The van der Waals surface area contributed by atoms with Crippen LogP contribution in [0.5, 0.6) is 0 Å². The van der Waals surface area contributed by atoms with E-state index in [2.05, 4.69) is 5.32 Å². The highest BCUT2D eigenvalue weighted by atomic mass is 35.5. The fourth-order valence-electron chi connectivity index (χ4n) is 2.62. The van der Waals surface area contributed by atoms with E-state index >= 15 is 0 Å². The van der Waals surface area contributed by atoms with Gasteiger partial charge in [0.1, 0.15) is 6.54 Å². The summed E-state index contributed by atoms with van der Waals surface area (Å²) in [5.41, 5.74) is 0.323. The third-order valence-corrected chi connectivity index (χ3v) is 7.17. The molecular formula is C20H14Cl4N2O3S. The summed E-state index contributed by atoms with van der Waals surface area (Å²) in [5, 5.41) is 3.35. The van der Waals surface area contributed by atoms with Crippen LogP contribution in [0.4, 0.5) is 11.4 Å². The van der Waals surface area contributed by atoms with Gasteiger partial charge in [0.05, 0.1) is 31.3 Å². The zero-order chi connectivity index (χ0) is 21.9. The predicted octanol–water partition coefficient (Wildman–Crippen LogP) is 6.13. The maximum absolute atomic E-state index is 13.3. The summed E-state index contributed by atoms with van der Waals surface area (Å²) in [6.07, 6.45) is 0. The molecule has 156 valence electrons. The van der Waals surface area contributed by atoms with Gasteiger partial charge in [0, 0.05) is 5.02 Å². The molecule has 3 aromatic rings. The van der Waals surface area contributed by atoms with Crippen LogP contribution in [0.1, 0.15) is 0 Å². The largest absolute Gasteiger partial charge is 0.323 e. The van der Waals surface area contributed by atoms with Gasteiger partial charge in [0.2, 0.25) is 5.91 Å². The molecule has 10 heteroatoms. The van der Waals surface area contributed by atoms with Gasteiger partial charge in [-0.1, -0.05) is 70.7 Å². The summed E-state index contributed by atoms with van der Waals surface area (Å²) < 4.78 is 27.5. The molecule has 0 aromatic heterocycles. The highest BCUT2D eigenvalue weighted by molar-refractivity contribution is 7.92. The average Bonchev–Trinajstić information content (AvgIpc) is 2.72. The topological polar surface area (TPSA) is 66.5 Å². The van der Waals surface area contributed by atoms with Crippen LogP contribution < -0.4 is 9.62 Å². The second-order valence-electron chi connectivity index (χ2n) is 6.07. The lowest BCUT2D eigenvalue weighted by Gasteiger charge is -2.25. The van der Waals surface area contributed by atoms with E-state index < -0.39 is 22.5 Å². The van der Waals surface area contributed by atoms with Crippen molar-refractivity contribution in [1.82, 2.24) is 0 Å². The highest BCUT2D eigenvalue weighted by Gasteiger charge is 2.29. The molecular weight excluding hydrogens is 490 g/mol. The summed E-state index contributed by atoms with van der Waals surface area (Å²) in [7, 11) is -4.13. The minimum atomic E-state index is -4.13. The highest BCUT2D eigenvalue weighted by Crippen LogP contribution is 2.35. The van der Waals surface area contributed by atoms with Crippen LogP contribution in [0.15, 0.2) is 71.6 Å². The number of sulfonamides is 1. The van der Waals surface area contributed by atoms with E-state index in [1.807, 2.05) is 0 Å². The van der Waals surface area contributed by atoms with Crippen LogP contribution in [0.25, 0.3) is 0 Å². The maximum atomic E-state index is 13.3. The molecule has 1 N–H and O–H groups in total. The van der Waals surface area contributed by atoms with Crippen molar-refractivity contribution in [3.63, 3.8) is 0 Å². The molecule has 0 saturated carbocycles. The number of carbonyl (C=O) groups excluding carboxylic acids is 1. The lowest BCUT2D eigenvalue weighted by molar-refractivity contribution is -0.114. The molecule has 0 spiro atoms. The molecule has 0 radical (unpaired) electrons. The number of nitrogens with one attached hydrogen (secondary N) is 1. The molecule has 0 aliphatic heterocycles. The van der Waals surface area contributed by atoms with Gasteiger partial charge in [-0.25, -0.2) is 8.42 Å². The molecule has 3 rings (SSSR count). The van der Waals surface area contributed by atoms with Crippen LogP contribution in [0.2, 0.25) is 20.1 Å². The molecule has 0 fully saturated rings. The van der Waals surface area contributed by atoms with Crippen molar-refractivity contribution < 1.29 is 13.2 Å². The van der Waals surface area contributed by atoms with E-state index in [9.17, 15) is 13.2 Å². The van der Waals surface area contributed by atoms with Crippen molar-refractivity contribution in [1.29, 1.82) is 0 Å². The summed E-state index contributed by atoms with van der Waals surface area (Å²) >= 11 is 24.4. The number of amides is 1. The minimum Gasteiger partial charge on any atom is -0.323 e. The number of halogens is 4. The molecule has 0 aliphatic rings. The van der Waals surface area contributed by atoms with Gasteiger partial charge in [-0.3, -0.25) is 9.10 Å². The van der Waals surface area contributed by atoms with Crippen LogP contribution in [-0.4, -0.2) is 20.9 Å². The van der Waals surface area contributed by atoms with E-state index in [0.29, 0.717) is 5.02 Å². The van der Waals surface area contributed by atoms with Gasteiger partial charge in [-0.2, -0.15) is 0 Å². The average molecular weight is 504 g/mol. The van der Waals surface area contributed by atoms with Gasteiger partial charge >= 0.3 is 0 Å². The number of benzene rings is 3. The van der Waals surface area contributed by atoms with Crippen molar-refractivity contribution in [2.45, 2.75) is 4.90 Å². The van der Waals surface area contributed by atoms with E-state index in [4.69, 9.17) is 46.4 Å². The third kappa shape index (κ3) is 5.02. The maximum Gasteiger partial charge on any atom is 0.264 e. The van der Waals surface area contributed by atoms with Gasteiger partial charge in [0.15, 0.2) is 0 Å². The van der Waals surface area contributed by atoms with Crippen molar-refractivity contribution in [2.24, 2.45) is 0 Å². The van der Waals surface area contributed by atoms with Crippen LogP contribution >= 0.6 is 46.4 Å². The molecule has 0 atom stereocenters. The zero-order valence-corrected chi connectivity index (χ0v) is 19.0. The molecule has 0 unspecified atom stereocenters. The summed E-state index contributed by atoms with van der Waals surface area (Å²) in [6.45, 7) is -0.569. The van der Waals surface area contributed by atoms with E-state index in [1.54, 1.807) is 30.3 Å². The van der Waals surface area contributed by atoms with Gasteiger partial charge in [-0.05, 0) is 42.5 Å². The van der Waals surface area contributed by atoms with Crippen molar-refractivity contribution in [3.8, 4) is 0 Å². The predicted molar refractivity (Wildman–Crippen MR) is 123 cm³/mol. The number of hydrogen-bond acceptors (Lipinski definition) is 3. The first-order valence-electron chi connectivity index (χ1n) is 8.47. The van der Waals surface area contributed by atoms with E-state index in [1.165, 1.54) is 36.4 Å².